The molecule has 0 fully saturated rings. The van der Waals surface area contributed by atoms with Crippen molar-refractivity contribution in [3.8, 4) is 0 Å². The maximum atomic E-state index is 10.1. The molecule has 100 valence electrons. The Bertz CT molecular complexity index is 588. The predicted molar refractivity (Wildman–Crippen MR) is 78.3 cm³/mol. The van der Waals surface area contributed by atoms with Crippen LogP contribution in [-0.4, -0.2) is 24.5 Å². The van der Waals surface area contributed by atoms with Crippen LogP contribution in [0.2, 0.25) is 5.02 Å². The molecule has 19 heavy (non-hydrogen) atoms. The van der Waals surface area contributed by atoms with E-state index in [0.29, 0.717) is 36.0 Å². The number of amides is 1. The van der Waals surface area contributed by atoms with Crippen LogP contribution in [0.25, 0.3) is 10.8 Å². The number of nitrogens with one attached hydrogen (secondary N) is 2. The topological polar surface area (TPSA) is 80.0 Å². The second-order valence-electron chi connectivity index (χ2n) is 4.07. The van der Waals surface area contributed by atoms with Gasteiger partial charge in [0.15, 0.2) is 0 Å². The second-order valence-corrected chi connectivity index (χ2v) is 4.48. The molecule has 1 amide bonds. The highest BCUT2D eigenvalue weighted by Crippen LogP contribution is 2.32. The highest BCUT2D eigenvalue weighted by molar-refractivity contribution is 6.37. The van der Waals surface area contributed by atoms with Gasteiger partial charge in [0.1, 0.15) is 5.82 Å². The largest absolute Gasteiger partial charge is 0.398 e. The van der Waals surface area contributed by atoms with E-state index in [0.717, 1.165) is 17.2 Å². The minimum atomic E-state index is 0.616. The van der Waals surface area contributed by atoms with Gasteiger partial charge in [0.05, 0.1) is 5.02 Å². The summed E-state index contributed by atoms with van der Waals surface area (Å²) < 4.78 is 0. The third kappa shape index (κ3) is 3.06. The monoisotopic (exact) mass is 278 g/mol. The number of nitrogens with two attached hydrogens (primary N) is 1. The summed E-state index contributed by atoms with van der Waals surface area (Å²) in [4.78, 5) is 14.4. The maximum absolute atomic E-state index is 10.1. The fourth-order valence-electron chi connectivity index (χ4n) is 1.87. The summed E-state index contributed by atoms with van der Waals surface area (Å²) in [5.41, 5.74) is 6.60. The molecule has 1 aromatic carbocycles. The van der Waals surface area contributed by atoms with E-state index >= 15 is 0 Å². The number of aromatic nitrogens is 1. The van der Waals surface area contributed by atoms with Crippen molar-refractivity contribution in [1.82, 2.24) is 10.3 Å². The van der Waals surface area contributed by atoms with E-state index in [1.807, 2.05) is 6.07 Å². The van der Waals surface area contributed by atoms with Crippen molar-refractivity contribution in [3.05, 3.63) is 29.4 Å². The zero-order chi connectivity index (χ0) is 13.7. The van der Waals surface area contributed by atoms with Crippen LogP contribution < -0.4 is 16.4 Å². The van der Waals surface area contributed by atoms with Crippen LogP contribution in [0, 0.1) is 0 Å². The molecule has 1 heterocycles. The predicted octanol–water partition coefficient (Wildman–Crippen LogP) is 2.02. The van der Waals surface area contributed by atoms with Crippen molar-refractivity contribution >= 4 is 40.3 Å². The van der Waals surface area contributed by atoms with E-state index in [-0.39, 0.29) is 0 Å². The quantitative estimate of drug-likeness (QED) is 0.429. The molecule has 2 aromatic rings. The lowest BCUT2D eigenvalue weighted by Crippen LogP contribution is -2.16. The molecule has 0 bridgehead atoms. The molecule has 0 unspecified atom stereocenters. The molecular formula is C13H15ClN4O. The number of anilines is 2. The van der Waals surface area contributed by atoms with E-state index in [9.17, 15) is 4.79 Å². The van der Waals surface area contributed by atoms with Crippen LogP contribution in [0.4, 0.5) is 11.5 Å². The van der Waals surface area contributed by atoms with Gasteiger partial charge in [-0.05, 0) is 24.6 Å². The fourth-order valence-corrected chi connectivity index (χ4v) is 2.12. The molecule has 0 atom stereocenters. The smallest absolute Gasteiger partial charge is 0.207 e. The summed E-state index contributed by atoms with van der Waals surface area (Å²) in [5, 5.41) is 8.14. The Morgan fingerprint density at radius 2 is 2.16 bits per heavy atom. The Kier molecular flexibility index (Phi) is 4.41. The Morgan fingerprint density at radius 1 is 1.32 bits per heavy atom. The minimum Gasteiger partial charge on any atom is -0.398 e. The van der Waals surface area contributed by atoms with E-state index in [1.165, 1.54) is 0 Å². The van der Waals surface area contributed by atoms with Crippen molar-refractivity contribution in [2.45, 2.75) is 6.42 Å². The van der Waals surface area contributed by atoms with E-state index in [1.54, 1.807) is 18.3 Å². The first-order chi connectivity index (χ1) is 9.24. The molecule has 5 nitrogen and oxygen atoms in total. The van der Waals surface area contributed by atoms with E-state index < -0.39 is 0 Å². The zero-order valence-electron chi connectivity index (χ0n) is 10.3. The molecule has 1 aromatic heterocycles. The molecule has 0 aliphatic carbocycles. The SMILES string of the molecule is Nc1ccc(Cl)c2c(NCCCNC=O)nccc12. The Labute approximate surface area is 116 Å². The number of rotatable bonds is 6. The molecular weight excluding hydrogens is 264 g/mol. The Hall–Kier alpha value is -2.01. The number of nitrogens with zero attached hydrogens (tertiary/aromatic N) is 1. The first-order valence-corrected chi connectivity index (χ1v) is 6.35. The number of pyridine rings is 1. The highest BCUT2D eigenvalue weighted by atomic mass is 35.5. The van der Waals surface area contributed by atoms with Crippen LogP contribution in [0.5, 0.6) is 0 Å². The molecule has 0 saturated heterocycles. The number of benzene rings is 1. The van der Waals surface area contributed by atoms with Gasteiger partial charge in [0, 0.05) is 35.7 Å². The normalized spacial score (nSPS) is 10.4. The van der Waals surface area contributed by atoms with Crippen molar-refractivity contribution < 1.29 is 4.79 Å². The number of halogens is 1. The molecule has 0 spiro atoms. The van der Waals surface area contributed by atoms with Crippen LogP contribution in [0.1, 0.15) is 6.42 Å². The van der Waals surface area contributed by atoms with Crippen molar-refractivity contribution in [2.75, 3.05) is 24.1 Å². The van der Waals surface area contributed by atoms with E-state index in [2.05, 4.69) is 15.6 Å². The van der Waals surface area contributed by atoms with Gasteiger partial charge in [-0.25, -0.2) is 4.98 Å². The van der Waals surface area contributed by atoms with Gasteiger partial charge in [-0.15, -0.1) is 0 Å². The molecule has 0 aliphatic heterocycles. The number of fused-ring (bicyclic) bond motifs is 1. The number of carbonyl (C=O) groups is 1. The average molecular weight is 279 g/mol. The number of hydrogen-bond acceptors (Lipinski definition) is 4. The molecule has 2 rings (SSSR count). The zero-order valence-corrected chi connectivity index (χ0v) is 11.1. The number of nitrogen functional groups attached to an aromatic ring is 1. The van der Waals surface area contributed by atoms with Crippen molar-refractivity contribution in [2.24, 2.45) is 0 Å². The summed E-state index contributed by atoms with van der Waals surface area (Å²) in [5.74, 6) is 0.709. The van der Waals surface area contributed by atoms with Crippen molar-refractivity contribution in [3.63, 3.8) is 0 Å². The minimum absolute atomic E-state index is 0.616. The molecule has 0 radical (unpaired) electrons. The van der Waals surface area contributed by atoms with Crippen LogP contribution in [-0.2, 0) is 4.79 Å². The summed E-state index contributed by atoms with van der Waals surface area (Å²) >= 11 is 6.20. The Balaban J connectivity index is 2.19. The lowest BCUT2D eigenvalue weighted by molar-refractivity contribution is -0.109. The third-order valence-electron chi connectivity index (χ3n) is 2.78. The second kappa shape index (κ2) is 6.24. The average Bonchev–Trinajstić information content (AvgIpc) is 2.43. The first-order valence-electron chi connectivity index (χ1n) is 5.97. The number of hydrogen-bond donors (Lipinski definition) is 3. The van der Waals surface area contributed by atoms with Gasteiger partial charge in [-0.2, -0.15) is 0 Å². The summed E-state index contributed by atoms with van der Waals surface area (Å²) in [6.45, 7) is 1.31. The first kappa shape index (κ1) is 13.4. The molecule has 6 heteroatoms. The Morgan fingerprint density at radius 3 is 2.95 bits per heavy atom. The van der Waals surface area contributed by atoms with Crippen molar-refractivity contribution in [1.29, 1.82) is 0 Å². The maximum Gasteiger partial charge on any atom is 0.207 e. The third-order valence-corrected chi connectivity index (χ3v) is 3.10. The van der Waals surface area contributed by atoms with Crippen LogP contribution >= 0.6 is 11.6 Å². The van der Waals surface area contributed by atoms with Gasteiger partial charge >= 0.3 is 0 Å². The van der Waals surface area contributed by atoms with Gasteiger partial charge in [-0.3, -0.25) is 4.79 Å². The highest BCUT2D eigenvalue weighted by Gasteiger charge is 2.08. The molecule has 4 N–H and O–H groups in total. The number of carbonyl (C=O) groups excluding carboxylic acids is 1. The van der Waals surface area contributed by atoms with E-state index in [4.69, 9.17) is 17.3 Å². The molecule has 0 saturated carbocycles. The van der Waals surface area contributed by atoms with Gasteiger partial charge in [0.2, 0.25) is 6.41 Å². The van der Waals surface area contributed by atoms with Crippen LogP contribution in [0.3, 0.4) is 0 Å². The lowest BCUT2D eigenvalue weighted by Gasteiger charge is -2.11. The van der Waals surface area contributed by atoms with Gasteiger partial charge in [-0.1, -0.05) is 11.6 Å². The lowest BCUT2D eigenvalue weighted by atomic mass is 10.1. The van der Waals surface area contributed by atoms with Crippen LogP contribution in [0.15, 0.2) is 24.4 Å². The molecule has 0 aliphatic rings. The summed E-state index contributed by atoms with van der Waals surface area (Å²) in [6, 6.07) is 5.39. The summed E-state index contributed by atoms with van der Waals surface area (Å²) in [7, 11) is 0. The van der Waals surface area contributed by atoms with Gasteiger partial charge < -0.3 is 16.4 Å². The standard InChI is InChI=1S/C13H15ClN4O/c14-10-2-3-11(15)9-4-7-18-13(12(9)10)17-6-1-5-16-8-19/h2-4,7-8H,1,5-6,15H2,(H,16,19)(H,17,18). The fraction of sp³-hybridized carbons (Fsp3) is 0.231. The summed E-state index contributed by atoms with van der Waals surface area (Å²) in [6.07, 6.45) is 3.19. The van der Waals surface area contributed by atoms with Gasteiger partial charge in [0.25, 0.3) is 0 Å².